The van der Waals surface area contributed by atoms with Gasteiger partial charge < -0.3 is 9.57 Å². The van der Waals surface area contributed by atoms with Crippen LogP contribution in [0.1, 0.15) is 32.7 Å². The lowest BCUT2D eigenvalue weighted by molar-refractivity contribution is -0.168. The van der Waals surface area contributed by atoms with Gasteiger partial charge in [0.1, 0.15) is 0 Å². The normalized spacial score (nSPS) is 17.0. The van der Waals surface area contributed by atoms with Gasteiger partial charge in [0, 0.05) is 13.1 Å². The van der Waals surface area contributed by atoms with Gasteiger partial charge in [-0.05, 0) is 36.2 Å². The van der Waals surface area contributed by atoms with Crippen LogP contribution in [-0.4, -0.2) is 61.9 Å². The minimum Gasteiger partial charge on any atom is -0.379 e. The van der Waals surface area contributed by atoms with E-state index in [-0.39, 0.29) is 28.9 Å². The first kappa shape index (κ1) is 21.2. The van der Waals surface area contributed by atoms with Crippen LogP contribution < -0.4 is 0 Å². The van der Waals surface area contributed by atoms with Crippen LogP contribution in [0.2, 0.25) is 0 Å². The predicted molar refractivity (Wildman–Crippen MR) is 107 cm³/mol. The summed E-state index contributed by atoms with van der Waals surface area (Å²) in [6.45, 7) is 1.36. The molecule has 2 aromatic rings. The van der Waals surface area contributed by atoms with E-state index in [0.717, 1.165) is 5.56 Å². The summed E-state index contributed by atoms with van der Waals surface area (Å²) >= 11 is 0. The third-order valence-electron chi connectivity index (χ3n) is 5.10. The Balaban J connectivity index is 1.34. The number of benzene rings is 2. The fraction of sp³-hybridized carbons (Fsp3) is 0.286. The highest BCUT2D eigenvalue weighted by atomic mass is 32.2. The molecular formula is C21H20N2O7S. The Kier molecular flexibility index (Phi) is 5.86. The number of rotatable bonds is 6. The SMILES string of the molecule is O=C(CCc1ccc(S(=O)(=O)N2CCOCC2)cc1)ON1C(=O)c2ccccc2C1=O. The van der Waals surface area contributed by atoms with Crippen LogP contribution in [0.15, 0.2) is 53.4 Å². The molecular weight excluding hydrogens is 424 g/mol. The third-order valence-corrected chi connectivity index (χ3v) is 7.01. The van der Waals surface area contributed by atoms with Crippen molar-refractivity contribution in [3.05, 3.63) is 65.2 Å². The van der Waals surface area contributed by atoms with Crippen LogP contribution in [0.5, 0.6) is 0 Å². The number of hydrogen-bond acceptors (Lipinski definition) is 7. The molecule has 4 rings (SSSR count). The van der Waals surface area contributed by atoms with Crippen molar-refractivity contribution < 1.29 is 32.4 Å². The maximum atomic E-state index is 12.6. The Bertz CT molecular complexity index is 1090. The number of morpholine rings is 1. The molecule has 0 atom stereocenters. The number of hydrogen-bond donors (Lipinski definition) is 0. The lowest BCUT2D eigenvalue weighted by atomic mass is 10.1. The summed E-state index contributed by atoms with van der Waals surface area (Å²) in [7, 11) is -3.58. The highest BCUT2D eigenvalue weighted by Crippen LogP contribution is 2.23. The zero-order valence-corrected chi connectivity index (χ0v) is 17.3. The molecule has 1 fully saturated rings. The highest BCUT2D eigenvalue weighted by Gasteiger charge is 2.38. The molecule has 0 unspecified atom stereocenters. The summed E-state index contributed by atoms with van der Waals surface area (Å²) in [4.78, 5) is 41.8. The fourth-order valence-corrected chi connectivity index (χ4v) is 4.82. The zero-order valence-electron chi connectivity index (χ0n) is 16.5. The number of sulfonamides is 1. The lowest BCUT2D eigenvalue weighted by Crippen LogP contribution is -2.40. The number of carbonyl (C=O) groups excluding carboxylic acids is 3. The quantitative estimate of drug-likeness (QED) is 0.619. The molecule has 0 aromatic heterocycles. The van der Waals surface area contributed by atoms with E-state index in [1.54, 1.807) is 24.3 Å². The van der Waals surface area contributed by atoms with E-state index in [1.807, 2.05) is 0 Å². The van der Waals surface area contributed by atoms with E-state index in [0.29, 0.717) is 31.4 Å². The minimum absolute atomic E-state index is 0.0804. The predicted octanol–water partition coefficient (Wildman–Crippen LogP) is 1.39. The Labute approximate surface area is 179 Å². The van der Waals surface area contributed by atoms with Crippen molar-refractivity contribution in [1.82, 2.24) is 9.37 Å². The van der Waals surface area contributed by atoms with E-state index in [4.69, 9.17) is 9.57 Å². The molecule has 2 amide bonds. The molecule has 0 spiro atoms. The summed E-state index contributed by atoms with van der Waals surface area (Å²) in [6, 6.07) is 12.5. The molecule has 0 radical (unpaired) electrons. The van der Waals surface area contributed by atoms with Crippen LogP contribution in [0.4, 0.5) is 0 Å². The number of ether oxygens (including phenoxy) is 1. The van der Waals surface area contributed by atoms with Gasteiger partial charge in [-0.1, -0.05) is 29.3 Å². The Morgan fingerprint density at radius 3 is 2.10 bits per heavy atom. The highest BCUT2D eigenvalue weighted by molar-refractivity contribution is 7.89. The molecule has 162 valence electrons. The Hall–Kier alpha value is -3.08. The van der Waals surface area contributed by atoms with E-state index >= 15 is 0 Å². The Morgan fingerprint density at radius 2 is 1.52 bits per heavy atom. The monoisotopic (exact) mass is 444 g/mol. The van der Waals surface area contributed by atoms with E-state index in [9.17, 15) is 22.8 Å². The van der Waals surface area contributed by atoms with Crippen molar-refractivity contribution in [3.8, 4) is 0 Å². The molecule has 2 heterocycles. The summed E-state index contributed by atoms with van der Waals surface area (Å²) in [5, 5.41) is 0.477. The van der Waals surface area contributed by atoms with Gasteiger partial charge in [-0.3, -0.25) is 9.59 Å². The Morgan fingerprint density at radius 1 is 0.935 bits per heavy atom. The number of nitrogens with zero attached hydrogens (tertiary/aromatic N) is 2. The summed E-state index contributed by atoms with van der Waals surface area (Å²) in [5.74, 6) is -2.09. The van der Waals surface area contributed by atoms with Crippen LogP contribution in [0.25, 0.3) is 0 Å². The second-order valence-corrected chi connectivity index (χ2v) is 9.01. The van der Waals surface area contributed by atoms with Gasteiger partial charge >= 0.3 is 5.97 Å². The van der Waals surface area contributed by atoms with Crippen LogP contribution >= 0.6 is 0 Å². The molecule has 2 aliphatic rings. The molecule has 2 aliphatic heterocycles. The third kappa shape index (κ3) is 4.22. The smallest absolute Gasteiger partial charge is 0.333 e. The molecule has 9 nitrogen and oxygen atoms in total. The van der Waals surface area contributed by atoms with Crippen molar-refractivity contribution in [2.24, 2.45) is 0 Å². The average Bonchev–Trinajstić information content (AvgIpc) is 3.03. The first-order valence-electron chi connectivity index (χ1n) is 9.73. The van der Waals surface area contributed by atoms with Crippen molar-refractivity contribution >= 4 is 27.8 Å². The molecule has 0 bridgehead atoms. The minimum atomic E-state index is -3.58. The summed E-state index contributed by atoms with van der Waals surface area (Å²) in [5.41, 5.74) is 1.11. The van der Waals surface area contributed by atoms with Gasteiger partial charge in [0.15, 0.2) is 0 Å². The topological polar surface area (TPSA) is 110 Å². The van der Waals surface area contributed by atoms with Gasteiger partial charge in [0.2, 0.25) is 10.0 Å². The largest absolute Gasteiger partial charge is 0.379 e. The number of fused-ring (bicyclic) bond motifs is 1. The fourth-order valence-electron chi connectivity index (χ4n) is 3.41. The average molecular weight is 444 g/mol. The van der Waals surface area contributed by atoms with Gasteiger partial charge in [0.25, 0.3) is 11.8 Å². The van der Waals surface area contributed by atoms with Crippen molar-refractivity contribution in [3.63, 3.8) is 0 Å². The van der Waals surface area contributed by atoms with Crippen molar-refractivity contribution in [2.75, 3.05) is 26.3 Å². The first-order chi connectivity index (χ1) is 14.9. The summed E-state index contributed by atoms with van der Waals surface area (Å²) < 4.78 is 31.8. The number of amides is 2. The molecule has 1 saturated heterocycles. The van der Waals surface area contributed by atoms with Gasteiger partial charge in [-0.25, -0.2) is 13.2 Å². The van der Waals surface area contributed by atoms with Crippen LogP contribution in [0.3, 0.4) is 0 Å². The molecule has 2 aromatic carbocycles. The van der Waals surface area contributed by atoms with Crippen molar-refractivity contribution in [2.45, 2.75) is 17.7 Å². The molecule has 0 saturated carbocycles. The zero-order chi connectivity index (χ0) is 22.0. The molecule has 31 heavy (non-hydrogen) atoms. The number of carbonyl (C=O) groups is 3. The first-order valence-corrected chi connectivity index (χ1v) is 11.2. The van der Waals surface area contributed by atoms with Gasteiger partial charge in [-0.2, -0.15) is 4.31 Å². The molecule has 10 heteroatoms. The second-order valence-electron chi connectivity index (χ2n) is 7.07. The van der Waals surface area contributed by atoms with Crippen LogP contribution in [-0.2, 0) is 30.8 Å². The maximum absolute atomic E-state index is 12.6. The number of imide groups is 1. The van der Waals surface area contributed by atoms with E-state index in [2.05, 4.69) is 0 Å². The number of aryl methyl sites for hydroxylation is 1. The molecule has 0 N–H and O–H groups in total. The van der Waals surface area contributed by atoms with E-state index < -0.39 is 27.8 Å². The van der Waals surface area contributed by atoms with E-state index in [1.165, 1.54) is 28.6 Å². The van der Waals surface area contributed by atoms with Crippen molar-refractivity contribution in [1.29, 1.82) is 0 Å². The summed E-state index contributed by atoms with van der Waals surface area (Å²) in [6.07, 6.45) is 0.183. The lowest BCUT2D eigenvalue weighted by Gasteiger charge is -2.26. The number of hydroxylamine groups is 2. The van der Waals surface area contributed by atoms with Gasteiger partial charge in [-0.15, -0.1) is 0 Å². The van der Waals surface area contributed by atoms with Gasteiger partial charge in [0.05, 0.1) is 35.7 Å². The van der Waals surface area contributed by atoms with Crippen LogP contribution in [0, 0.1) is 0 Å². The molecule has 0 aliphatic carbocycles. The second kappa shape index (κ2) is 8.58. The standard InChI is InChI=1S/C21H20N2O7S/c24-19(30-23-20(25)17-3-1-2-4-18(17)21(23)26)10-7-15-5-8-16(9-6-15)31(27,28)22-11-13-29-14-12-22/h1-6,8-9H,7,10-14H2. The maximum Gasteiger partial charge on any atom is 0.333 e.